The highest BCUT2D eigenvalue weighted by Crippen LogP contribution is 2.27. The maximum Gasteiger partial charge on any atom is 0.455 e. The van der Waals surface area contributed by atoms with Crippen LogP contribution in [0.2, 0.25) is 0 Å². The van der Waals surface area contributed by atoms with Gasteiger partial charge in [0.1, 0.15) is 5.75 Å². The number of Topliss-reactive ketones (excluding diaryl/α,β-unsaturated/α-hetero) is 2. The zero-order valence-corrected chi connectivity index (χ0v) is 13.0. The van der Waals surface area contributed by atoms with Crippen LogP contribution in [0.15, 0.2) is 35.9 Å². The van der Waals surface area contributed by atoms with Crippen molar-refractivity contribution in [3.05, 3.63) is 47.1 Å². The number of carbonyl (C=O) groups excluding carboxylic acids is 2. The van der Waals surface area contributed by atoms with E-state index in [0.29, 0.717) is 16.9 Å². The third-order valence-corrected chi connectivity index (χ3v) is 3.02. The Balaban J connectivity index is 3.23. The Bertz CT molecular complexity index is 698. The summed E-state index contributed by atoms with van der Waals surface area (Å²) in [4.78, 5) is 22.2. The molecule has 1 rings (SSSR count). The van der Waals surface area contributed by atoms with E-state index in [4.69, 9.17) is 4.74 Å². The minimum absolute atomic E-state index is 0.204. The molecule has 25 heavy (non-hydrogen) atoms. The van der Waals surface area contributed by atoms with Gasteiger partial charge in [0, 0.05) is 0 Å². The van der Waals surface area contributed by atoms with Crippen LogP contribution < -0.4 is 4.74 Å². The first-order valence-electron chi connectivity index (χ1n) is 6.64. The molecule has 0 bridgehead atoms. The van der Waals surface area contributed by atoms with Gasteiger partial charge in [-0.2, -0.15) is 26.3 Å². The number of hydrogen-bond acceptors (Lipinski definition) is 3. The van der Waals surface area contributed by atoms with E-state index >= 15 is 0 Å². The van der Waals surface area contributed by atoms with E-state index in [1.54, 1.807) is 13.0 Å². The number of halogens is 6. The molecule has 0 saturated heterocycles. The lowest BCUT2D eigenvalue weighted by Crippen LogP contribution is -2.34. The molecule has 0 unspecified atom stereocenters. The van der Waals surface area contributed by atoms with Crippen LogP contribution in [0.4, 0.5) is 26.3 Å². The van der Waals surface area contributed by atoms with Crippen molar-refractivity contribution in [2.75, 3.05) is 7.11 Å². The Kier molecular flexibility index (Phi) is 6.17. The molecule has 3 nitrogen and oxygen atoms in total. The van der Waals surface area contributed by atoms with Crippen molar-refractivity contribution < 1.29 is 40.7 Å². The molecule has 1 aromatic rings. The zero-order valence-electron chi connectivity index (χ0n) is 13.0. The Hall–Kier alpha value is -2.58. The lowest BCUT2D eigenvalue weighted by atomic mass is 10.0. The lowest BCUT2D eigenvalue weighted by Gasteiger charge is -2.10. The Morgan fingerprint density at radius 2 is 1.52 bits per heavy atom. The number of rotatable bonds is 5. The number of ether oxygens (including phenoxy) is 1. The van der Waals surface area contributed by atoms with Crippen molar-refractivity contribution >= 4 is 17.6 Å². The Morgan fingerprint density at radius 3 is 1.92 bits per heavy atom. The van der Waals surface area contributed by atoms with Crippen LogP contribution in [-0.4, -0.2) is 31.0 Å². The fraction of sp³-hybridized carbons (Fsp3) is 0.250. The smallest absolute Gasteiger partial charge is 0.455 e. The van der Waals surface area contributed by atoms with Gasteiger partial charge in [-0.15, -0.1) is 0 Å². The first-order chi connectivity index (χ1) is 11.4. The second-order valence-corrected chi connectivity index (χ2v) is 4.82. The minimum Gasteiger partial charge on any atom is -0.497 e. The maximum atomic E-state index is 12.4. The largest absolute Gasteiger partial charge is 0.497 e. The molecule has 0 aromatic heterocycles. The summed E-state index contributed by atoms with van der Waals surface area (Å²) in [6, 6.07) is 4.63. The molecular weight excluding hydrogens is 354 g/mol. The summed E-state index contributed by atoms with van der Waals surface area (Å²) in [5.74, 6) is -5.21. The summed E-state index contributed by atoms with van der Waals surface area (Å²) < 4.78 is 79.3. The standard InChI is InChI=1S/C16H12F6O3/c1-9-8-11(25-2)7-6-10(9)4-3-5-12(13(23)15(17,18)19)14(24)16(20,21)22/h3-8H,1-2H3/b4-3+. The fourth-order valence-electron chi connectivity index (χ4n) is 1.77. The second kappa shape index (κ2) is 7.54. The topological polar surface area (TPSA) is 43.4 Å². The molecule has 9 heteroatoms. The zero-order chi connectivity index (χ0) is 19.4. The molecule has 0 spiro atoms. The van der Waals surface area contributed by atoms with Gasteiger partial charge >= 0.3 is 12.4 Å². The summed E-state index contributed by atoms with van der Waals surface area (Å²) in [5, 5.41) is 0. The summed E-state index contributed by atoms with van der Waals surface area (Å²) in [7, 11) is 1.42. The SMILES string of the molecule is COc1ccc(/C=C/C=C(C(=O)C(F)(F)F)C(=O)C(F)(F)F)c(C)c1. The van der Waals surface area contributed by atoms with Crippen molar-refractivity contribution in [1.29, 1.82) is 0 Å². The number of carbonyl (C=O) groups is 2. The molecule has 0 atom stereocenters. The monoisotopic (exact) mass is 366 g/mol. The van der Waals surface area contributed by atoms with Gasteiger partial charge in [0.05, 0.1) is 12.7 Å². The Morgan fingerprint density at radius 1 is 1.00 bits per heavy atom. The first-order valence-corrected chi connectivity index (χ1v) is 6.64. The van der Waals surface area contributed by atoms with Crippen LogP contribution in [0.1, 0.15) is 11.1 Å². The number of aryl methyl sites for hydroxylation is 1. The Labute approximate surface area is 138 Å². The van der Waals surface area contributed by atoms with E-state index in [0.717, 1.165) is 6.08 Å². The summed E-state index contributed by atoms with van der Waals surface area (Å²) in [6.45, 7) is 1.63. The highest BCUT2D eigenvalue weighted by molar-refractivity contribution is 6.23. The van der Waals surface area contributed by atoms with Crippen LogP contribution in [0.25, 0.3) is 6.08 Å². The van der Waals surface area contributed by atoms with Crippen LogP contribution in [0.5, 0.6) is 5.75 Å². The number of hydrogen-bond donors (Lipinski definition) is 0. The van der Waals surface area contributed by atoms with Gasteiger partial charge in [-0.1, -0.05) is 18.2 Å². The van der Waals surface area contributed by atoms with E-state index in [-0.39, 0.29) is 6.08 Å². The van der Waals surface area contributed by atoms with Gasteiger partial charge in [-0.3, -0.25) is 9.59 Å². The number of benzene rings is 1. The van der Waals surface area contributed by atoms with Crippen LogP contribution in [0, 0.1) is 6.92 Å². The van der Waals surface area contributed by atoms with Crippen molar-refractivity contribution in [3.8, 4) is 5.75 Å². The van der Waals surface area contributed by atoms with E-state index in [1.165, 1.54) is 25.3 Å². The van der Waals surface area contributed by atoms with E-state index in [9.17, 15) is 35.9 Å². The van der Waals surface area contributed by atoms with Crippen molar-refractivity contribution in [3.63, 3.8) is 0 Å². The quantitative estimate of drug-likeness (QED) is 0.258. The van der Waals surface area contributed by atoms with Crippen LogP contribution in [-0.2, 0) is 9.59 Å². The predicted octanol–water partition coefficient (Wildman–Crippen LogP) is 4.21. The number of allylic oxidation sites excluding steroid dienone is 3. The van der Waals surface area contributed by atoms with Crippen LogP contribution >= 0.6 is 0 Å². The van der Waals surface area contributed by atoms with Crippen LogP contribution in [0.3, 0.4) is 0 Å². The van der Waals surface area contributed by atoms with Gasteiger partial charge in [0.25, 0.3) is 11.6 Å². The van der Waals surface area contributed by atoms with Gasteiger partial charge < -0.3 is 4.74 Å². The molecule has 0 heterocycles. The summed E-state index contributed by atoms with van der Waals surface area (Å²) >= 11 is 0. The molecule has 0 N–H and O–H groups in total. The van der Waals surface area contributed by atoms with Crippen molar-refractivity contribution in [2.45, 2.75) is 19.3 Å². The first kappa shape index (κ1) is 20.5. The molecular formula is C16H12F6O3. The third-order valence-electron chi connectivity index (χ3n) is 3.02. The van der Waals surface area contributed by atoms with Gasteiger partial charge in [-0.25, -0.2) is 0 Å². The average Bonchev–Trinajstić information content (AvgIpc) is 2.49. The number of methoxy groups -OCH3 is 1. The molecule has 136 valence electrons. The molecule has 0 aliphatic heterocycles. The lowest BCUT2D eigenvalue weighted by molar-refractivity contribution is -0.175. The number of alkyl halides is 6. The highest BCUT2D eigenvalue weighted by Gasteiger charge is 2.49. The molecule has 0 amide bonds. The molecule has 0 aliphatic carbocycles. The summed E-state index contributed by atoms with van der Waals surface area (Å²) in [6.07, 6.45) is -9.05. The molecule has 0 fully saturated rings. The van der Waals surface area contributed by atoms with Crippen molar-refractivity contribution in [2.24, 2.45) is 0 Å². The fourth-order valence-corrected chi connectivity index (χ4v) is 1.77. The molecule has 0 saturated carbocycles. The van der Waals surface area contributed by atoms with E-state index < -0.39 is 29.5 Å². The van der Waals surface area contributed by atoms with E-state index in [1.807, 2.05) is 0 Å². The summed E-state index contributed by atoms with van der Waals surface area (Å²) in [5.41, 5.74) is -0.924. The maximum absolute atomic E-state index is 12.4. The number of ketones is 2. The third kappa shape index (κ3) is 5.47. The second-order valence-electron chi connectivity index (χ2n) is 4.82. The molecule has 0 aliphatic rings. The van der Waals surface area contributed by atoms with Crippen molar-refractivity contribution in [1.82, 2.24) is 0 Å². The molecule has 0 radical (unpaired) electrons. The van der Waals surface area contributed by atoms with Gasteiger partial charge in [0.15, 0.2) is 0 Å². The van der Waals surface area contributed by atoms with Gasteiger partial charge in [-0.05, 0) is 36.3 Å². The normalized spacial score (nSPS) is 12.2. The van der Waals surface area contributed by atoms with E-state index in [2.05, 4.69) is 0 Å². The average molecular weight is 366 g/mol. The van der Waals surface area contributed by atoms with Gasteiger partial charge in [0.2, 0.25) is 0 Å². The predicted molar refractivity (Wildman–Crippen MR) is 77.0 cm³/mol. The minimum atomic E-state index is -5.60. The molecule has 1 aromatic carbocycles. The highest BCUT2D eigenvalue weighted by atomic mass is 19.4.